The van der Waals surface area contributed by atoms with Crippen molar-refractivity contribution in [1.82, 2.24) is 10.2 Å². The number of nitrogens with zero attached hydrogens (tertiary/aromatic N) is 1. The van der Waals surface area contributed by atoms with E-state index in [9.17, 15) is 4.79 Å². The molecule has 0 bridgehead atoms. The van der Waals surface area contributed by atoms with Crippen LogP contribution >= 0.6 is 23.2 Å². The Morgan fingerprint density at radius 3 is 2.68 bits per heavy atom. The fourth-order valence-corrected chi connectivity index (χ4v) is 2.83. The van der Waals surface area contributed by atoms with E-state index in [0.29, 0.717) is 21.7 Å². The monoisotopic (exact) mass is 344 g/mol. The highest BCUT2D eigenvalue weighted by Crippen LogP contribution is 2.26. The molecule has 0 aromatic heterocycles. The molecular weight excluding hydrogens is 323 g/mol. The number of halogens is 2. The minimum atomic E-state index is 0.0213. The summed E-state index contributed by atoms with van der Waals surface area (Å²) in [5.41, 5.74) is 0. The SMILES string of the molecule is CCNCC1CCN(C(=O)COc2ccc(Cl)c(Cl)c2)CC1. The normalized spacial score (nSPS) is 15.9. The molecule has 6 heteroatoms. The molecule has 1 amide bonds. The Labute approximate surface area is 141 Å². The van der Waals surface area contributed by atoms with Crippen LogP contribution in [0.3, 0.4) is 0 Å². The third kappa shape index (κ3) is 5.04. The minimum Gasteiger partial charge on any atom is -0.484 e. The Morgan fingerprint density at radius 1 is 1.32 bits per heavy atom. The Morgan fingerprint density at radius 2 is 2.05 bits per heavy atom. The summed E-state index contributed by atoms with van der Waals surface area (Å²) in [6.07, 6.45) is 2.09. The van der Waals surface area contributed by atoms with Gasteiger partial charge in [-0.2, -0.15) is 0 Å². The zero-order chi connectivity index (χ0) is 15.9. The lowest BCUT2D eigenvalue weighted by atomic mass is 9.97. The van der Waals surface area contributed by atoms with E-state index in [-0.39, 0.29) is 12.5 Å². The lowest BCUT2D eigenvalue weighted by Gasteiger charge is -2.32. The smallest absolute Gasteiger partial charge is 0.260 e. The van der Waals surface area contributed by atoms with Crippen molar-refractivity contribution in [3.8, 4) is 5.75 Å². The van der Waals surface area contributed by atoms with Gasteiger partial charge in [0.05, 0.1) is 10.0 Å². The van der Waals surface area contributed by atoms with Gasteiger partial charge in [-0.3, -0.25) is 4.79 Å². The van der Waals surface area contributed by atoms with E-state index in [2.05, 4.69) is 12.2 Å². The number of nitrogens with one attached hydrogen (secondary N) is 1. The van der Waals surface area contributed by atoms with E-state index in [1.807, 2.05) is 4.90 Å². The topological polar surface area (TPSA) is 41.6 Å². The van der Waals surface area contributed by atoms with Gasteiger partial charge in [0.15, 0.2) is 6.61 Å². The summed E-state index contributed by atoms with van der Waals surface area (Å²) >= 11 is 11.8. The van der Waals surface area contributed by atoms with Crippen molar-refractivity contribution < 1.29 is 9.53 Å². The van der Waals surface area contributed by atoms with Crippen LogP contribution in [0.5, 0.6) is 5.75 Å². The highest BCUT2D eigenvalue weighted by atomic mass is 35.5. The number of likely N-dealkylation sites (tertiary alicyclic amines) is 1. The van der Waals surface area contributed by atoms with Crippen LogP contribution in [-0.4, -0.2) is 43.6 Å². The summed E-state index contributed by atoms with van der Waals surface area (Å²) in [5, 5.41) is 4.27. The first-order chi connectivity index (χ1) is 10.6. The molecule has 1 aromatic rings. The average molecular weight is 345 g/mol. The Bertz CT molecular complexity index is 503. The van der Waals surface area contributed by atoms with Crippen molar-refractivity contribution in [2.75, 3.05) is 32.8 Å². The molecule has 0 spiro atoms. The molecule has 0 radical (unpaired) electrons. The first kappa shape index (κ1) is 17.4. The molecule has 1 fully saturated rings. The summed E-state index contributed by atoms with van der Waals surface area (Å²) in [7, 11) is 0. The molecule has 1 aromatic carbocycles. The maximum absolute atomic E-state index is 12.2. The summed E-state index contributed by atoms with van der Waals surface area (Å²) < 4.78 is 5.50. The number of amides is 1. The van der Waals surface area contributed by atoms with Gasteiger partial charge in [-0.15, -0.1) is 0 Å². The minimum absolute atomic E-state index is 0.0213. The number of carbonyl (C=O) groups is 1. The number of ether oxygens (including phenoxy) is 1. The lowest BCUT2D eigenvalue weighted by molar-refractivity contribution is -0.134. The number of hydrogen-bond donors (Lipinski definition) is 1. The molecule has 1 N–H and O–H groups in total. The molecule has 1 saturated heterocycles. The number of carbonyl (C=O) groups excluding carboxylic acids is 1. The van der Waals surface area contributed by atoms with Gasteiger partial charge in [-0.05, 0) is 44.0 Å². The largest absolute Gasteiger partial charge is 0.484 e. The van der Waals surface area contributed by atoms with E-state index in [1.165, 1.54) is 0 Å². The van der Waals surface area contributed by atoms with Gasteiger partial charge in [0, 0.05) is 19.2 Å². The van der Waals surface area contributed by atoms with Crippen LogP contribution in [-0.2, 0) is 4.79 Å². The van der Waals surface area contributed by atoms with Gasteiger partial charge < -0.3 is 15.0 Å². The Balaban J connectivity index is 1.75. The lowest BCUT2D eigenvalue weighted by Crippen LogP contribution is -2.42. The van der Waals surface area contributed by atoms with Crippen molar-refractivity contribution >= 4 is 29.1 Å². The quantitative estimate of drug-likeness (QED) is 0.861. The van der Waals surface area contributed by atoms with Crippen LogP contribution in [0.15, 0.2) is 18.2 Å². The number of hydrogen-bond acceptors (Lipinski definition) is 3. The summed E-state index contributed by atoms with van der Waals surface area (Å²) in [5.74, 6) is 1.25. The van der Waals surface area contributed by atoms with Crippen LogP contribution < -0.4 is 10.1 Å². The second-order valence-corrected chi connectivity index (χ2v) is 6.31. The van der Waals surface area contributed by atoms with Crippen LogP contribution in [0.2, 0.25) is 10.0 Å². The van der Waals surface area contributed by atoms with Crippen LogP contribution in [0.4, 0.5) is 0 Å². The first-order valence-corrected chi connectivity index (χ1v) is 8.42. The van der Waals surface area contributed by atoms with Gasteiger partial charge in [0.1, 0.15) is 5.75 Å². The highest BCUT2D eigenvalue weighted by Gasteiger charge is 2.22. The van der Waals surface area contributed by atoms with E-state index in [1.54, 1.807) is 18.2 Å². The molecule has 0 aliphatic carbocycles. The predicted octanol–water partition coefficient (Wildman–Crippen LogP) is 3.22. The molecule has 22 heavy (non-hydrogen) atoms. The average Bonchev–Trinajstić information content (AvgIpc) is 2.54. The van der Waals surface area contributed by atoms with Crippen molar-refractivity contribution in [1.29, 1.82) is 0 Å². The summed E-state index contributed by atoms with van der Waals surface area (Å²) in [6, 6.07) is 5.00. The zero-order valence-corrected chi connectivity index (χ0v) is 14.3. The maximum Gasteiger partial charge on any atom is 0.260 e. The highest BCUT2D eigenvalue weighted by molar-refractivity contribution is 6.42. The number of piperidine rings is 1. The molecule has 0 unspecified atom stereocenters. The number of benzene rings is 1. The van der Waals surface area contributed by atoms with Gasteiger partial charge in [-0.25, -0.2) is 0 Å². The fourth-order valence-electron chi connectivity index (χ4n) is 2.54. The molecule has 4 nitrogen and oxygen atoms in total. The predicted molar refractivity (Wildman–Crippen MR) is 89.8 cm³/mol. The molecule has 2 rings (SSSR count). The van der Waals surface area contributed by atoms with Gasteiger partial charge >= 0.3 is 0 Å². The molecule has 1 aliphatic heterocycles. The Hall–Kier alpha value is -0.970. The zero-order valence-electron chi connectivity index (χ0n) is 12.8. The van der Waals surface area contributed by atoms with Crippen molar-refractivity contribution in [3.63, 3.8) is 0 Å². The molecule has 0 atom stereocenters. The molecule has 0 saturated carbocycles. The van der Waals surface area contributed by atoms with E-state index >= 15 is 0 Å². The van der Waals surface area contributed by atoms with E-state index < -0.39 is 0 Å². The summed E-state index contributed by atoms with van der Waals surface area (Å²) in [4.78, 5) is 14.0. The summed E-state index contributed by atoms with van der Waals surface area (Å²) in [6.45, 7) is 5.79. The molecule has 1 heterocycles. The van der Waals surface area contributed by atoms with E-state index in [4.69, 9.17) is 27.9 Å². The van der Waals surface area contributed by atoms with Crippen molar-refractivity contribution in [3.05, 3.63) is 28.2 Å². The second-order valence-electron chi connectivity index (χ2n) is 5.50. The fraction of sp³-hybridized carbons (Fsp3) is 0.562. The van der Waals surface area contributed by atoms with Crippen molar-refractivity contribution in [2.45, 2.75) is 19.8 Å². The second kappa shape index (κ2) is 8.61. The van der Waals surface area contributed by atoms with Gasteiger partial charge in [0.2, 0.25) is 0 Å². The number of rotatable bonds is 6. The molecular formula is C16H22Cl2N2O2. The first-order valence-electron chi connectivity index (χ1n) is 7.66. The van der Waals surface area contributed by atoms with Crippen LogP contribution in [0.1, 0.15) is 19.8 Å². The van der Waals surface area contributed by atoms with E-state index in [0.717, 1.165) is 39.0 Å². The Kier molecular flexibility index (Phi) is 6.80. The van der Waals surface area contributed by atoms with Gasteiger partial charge in [-0.1, -0.05) is 30.1 Å². The molecule has 1 aliphatic rings. The third-order valence-corrected chi connectivity index (χ3v) is 4.64. The standard InChI is InChI=1S/C16H22Cl2N2O2/c1-2-19-10-12-5-7-20(8-6-12)16(21)11-22-13-3-4-14(17)15(18)9-13/h3-4,9,12,19H,2,5-8,10-11H2,1H3. The third-order valence-electron chi connectivity index (χ3n) is 3.90. The maximum atomic E-state index is 12.2. The molecule has 122 valence electrons. The van der Waals surface area contributed by atoms with Crippen LogP contribution in [0, 0.1) is 5.92 Å². The van der Waals surface area contributed by atoms with Crippen molar-refractivity contribution in [2.24, 2.45) is 5.92 Å². The van der Waals surface area contributed by atoms with Crippen LogP contribution in [0.25, 0.3) is 0 Å². The van der Waals surface area contributed by atoms with Gasteiger partial charge in [0.25, 0.3) is 5.91 Å².